The van der Waals surface area contributed by atoms with Crippen molar-refractivity contribution < 1.29 is 0 Å². The van der Waals surface area contributed by atoms with Gasteiger partial charge in [-0.15, -0.1) is 5.10 Å². The molecule has 0 aliphatic rings. The van der Waals surface area contributed by atoms with E-state index in [-0.39, 0.29) is 0 Å². The van der Waals surface area contributed by atoms with Crippen LogP contribution in [0.15, 0.2) is 30.6 Å². The molecule has 0 saturated carbocycles. The number of nitrogens with zero attached hydrogens (tertiary/aromatic N) is 4. The molecule has 0 radical (unpaired) electrons. The molecule has 0 bridgehead atoms. The van der Waals surface area contributed by atoms with Gasteiger partial charge in [0.1, 0.15) is 6.33 Å². The van der Waals surface area contributed by atoms with Crippen LogP contribution in [0.4, 0.5) is 0 Å². The number of aromatic nitrogens is 4. The van der Waals surface area contributed by atoms with Crippen LogP contribution in [0.25, 0.3) is 16.9 Å². The molecule has 5 heteroatoms. The maximum absolute atomic E-state index is 4.44. The molecule has 0 fully saturated rings. The highest BCUT2D eigenvalue weighted by molar-refractivity contribution is 5.78. The van der Waals surface area contributed by atoms with E-state index in [1.54, 1.807) is 6.33 Å². The maximum atomic E-state index is 4.44. The molecule has 5 nitrogen and oxygen atoms in total. The molecule has 3 rings (SSSR count). The van der Waals surface area contributed by atoms with Crippen LogP contribution in [-0.2, 0) is 6.54 Å². The molecule has 0 saturated heterocycles. The first-order valence-corrected chi connectivity index (χ1v) is 6.61. The summed E-state index contributed by atoms with van der Waals surface area (Å²) in [5.41, 5.74) is 5.46. The van der Waals surface area contributed by atoms with Gasteiger partial charge in [0, 0.05) is 6.54 Å². The number of benzene rings is 1. The van der Waals surface area contributed by atoms with Gasteiger partial charge in [0.2, 0.25) is 0 Å². The minimum absolute atomic E-state index is 0.719. The molecule has 1 aromatic carbocycles. The lowest BCUT2D eigenvalue weighted by Crippen LogP contribution is -2.08. The van der Waals surface area contributed by atoms with Crippen LogP contribution in [0.3, 0.4) is 0 Å². The lowest BCUT2D eigenvalue weighted by atomic mass is 10.1. The Kier molecular flexibility index (Phi) is 3.20. The van der Waals surface area contributed by atoms with E-state index < -0.39 is 0 Å². The average Bonchev–Trinajstić information content (AvgIpc) is 2.83. The molecule has 0 atom stereocenters. The highest BCUT2D eigenvalue weighted by Crippen LogP contribution is 2.20. The third-order valence-electron chi connectivity index (χ3n) is 3.47. The maximum Gasteiger partial charge on any atom is 0.161 e. The average molecular weight is 267 g/mol. The molecule has 0 aliphatic heterocycles. The van der Waals surface area contributed by atoms with Crippen molar-refractivity contribution in [1.29, 1.82) is 0 Å². The monoisotopic (exact) mass is 267 g/mol. The molecule has 102 valence electrons. The van der Waals surface area contributed by atoms with Gasteiger partial charge in [-0.25, -0.2) is 4.98 Å². The Balaban J connectivity index is 2.07. The molecule has 2 heterocycles. The molecule has 0 amide bonds. The second-order valence-electron chi connectivity index (χ2n) is 4.95. The van der Waals surface area contributed by atoms with Crippen molar-refractivity contribution in [3.8, 4) is 5.82 Å². The Morgan fingerprint density at radius 3 is 2.60 bits per heavy atom. The molecule has 0 spiro atoms. The van der Waals surface area contributed by atoms with Gasteiger partial charge in [0.15, 0.2) is 5.82 Å². The summed E-state index contributed by atoms with van der Waals surface area (Å²) in [7, 11) is 1.89. The molecular weight excluding hydrogens is 250 g/mol. The number of hydrogen-bond acceptors (Lipinski definition) is 4. The molecule has 2 aromatic heterocycles. The Bertz CT molecular complexity index is 743. The Labute approximate surface area is 117 Å². The second kappa shape index (κ2) is 5.02. The minimum Gasteiger partial charge on any atom is -0.314 e. The molecular formula is C15H17N5. The van der Waals surface area contributed by atoms with Gasteiger partial charge in [0.25, 0.3) is 0 Å². The summed E-state index contributed by atoms with van der Waals surface area (Å²) < 4.78 is 1.97. The van der Waals surface area contributed by atoms with Crippen molar-refractivity contribution >= 4 is 11.0 Å². The lowest BCUT2D eigenvalue weighted by Gasteiger charge is -2.05. The fourth-order valence-corrected chi connectivity index (χ4v) is 2.20. The van der Waals surface area contributed by atoms with Gasteiger partial charge in [-0.05, 0) is 56.3 Å². The SMILES string of the molecule is CNCc1ccc(-n2cnc3cc(C)c(C)cc32)nn1. The van der Waals surface area contributed by atoms with Crippen LogP contribution in [0.2, 0.25) is 0 Å². The lowest BCUT2D eigenvalue weighted by molar-refractivity contribution is 0.760. The minimum atomic E-state index is 0.719. The van der Waals surface area contributed by atoms with Gasteiger partial charge in [-0.3, -0.25) is 4.57 Å². The second-order valence-corrected chi connectivity index (χ2v) is 4.95. The van der Waals surface area contributed by atoms with Crippen molar-refractivity contribution in [3.05, 3.63) is 47.4 Å². The Hall–Kier alpha value is -2.27. The normalized spacial score (nSPS) is 11.2. The van der Waals surface area contributed by atoms with Crippen LogP contribution in [0.1, 0.15) is 16.8 Å². The summed E-state index contributed by atoms with van der Waals surface area (Å²) in [4.78, 5) is 4.44. The van der Waals surface area contributed by atoms with Gasteiger partial charge in [0.05, 0.1) is 16.7 Å². The summed E-state index contributed by atoms with van der Waals surface area (Å²) in [6, 6.07) is 8.19. The first kappa shape index (κ1) is 12.7. The number of hydrogen-bond donors (Lipinski definition) is 1. The van der Waals surface area contributed by atoms with E-state index in [0.717, 1.165) is 29.1 Å². The van der Waals surface area contributed by atoms with E-state index in [9.17, 15) is 0 Å². The van der Waals surface area contributed by atoms with Crippen molar-refractivity contribution in [3.63, 3.8) is 0 Å². The van der Waals surface area contributed by atoms with Crippen molar-refractivity contribution in [2.75, 3.05) is 7.05 Å². The summed E-state index contributed by atoms with van der Waals surface area (Å²) in [5, 5.41) is 11.5. The zero-order chi connectivity index (χ0) is 14.1. The zero-order valence-corrected chi connectivity index (χ0v) is 11.9. The topological polar surface area (TPSA) is 55.6 Å². The summed E-state index contributed by atoms with van der Waals surface area (Å²) in [5.74, 6) is 0.788. The Morgan fingerprint density at radius 1 is 1.10 bits per heavy atom. The van der Waals surface area contributed by atoms with Crippen LogP contribution >= 0.6 is 0 Å². The summed E-state index contributed by atoms with van der Waals surface area (Å²) >= 11 is 0. The standard InChI is InChI=1S/C15H17N5/c1-10-6-13-14(7-11(10)2)20(9-17-13)15-5-4-12(8-16-3)18-19-15/h4-7,9,16H,8H2,1-3H3. The zero-order valence-electron chi connectivity index (χ0n) is 11.9. The van der Waals surface area contributed by atoms with Crippen LogP contribution in [0.5, 0.6) is 0 Å². The van der Waals surface area contributed by atoms with E-state index in [4.69, 9.17) is 0 Å². The van der Waals surface area contributed by atoms with Crippen molar-refractivity contribution in [1.82, 2.24) is 25.1 Å². The van der Waals surface area contributed by atoms with Gasteiger partial charge < -0.3 is 5.32 Å². The first-order valence-electron chi connectivity index (χ1n) is 6.61. The quantitative estimate of drug-likeness (QED) is 0.790. The number of fused-ring (bicyclic) bond motifs is 1. The van der Waals surface area contributed by atoms with E-state index in [2.05, 4.69) is 46.5 Å². The van der Waals surface area contributed by atoms with Crippen molar-refractivity contribution in [2.24, 2.45) is 0 Å². The third-order valence-corrected chi connectivity index (χ3v) is 3.47. The van der Waals surface area contributed by atoms with Gasteiger partial charge in [-0.1, -0.05) is 0 Å². The van der Waals surface area contributed by atoms with Crippen molar-refractivity contribution in [2.45, 2.75) is 20.4 Å². The summed E-state index contributed by atoms with van der Waals surface area (Å²) in [6.45, 7) is 4.92. The fourth-order valence-electron chi connectivity index (χ4n) is 2.20. The molecule has 20 heavy (non-hydrogen) atoms. The van der Waals surface area contributed by atoms with E-state index in [0.29, 0.717) is 0 Å². The van der Waals surface area contributed by atoms with Gasteiger partial charge in [-0.2, -0.15) is 5.10 Å². The van der Waals surface area contributed by atoms with Gasteiger partial charge >= 0.3 is 0 Å². The predicted octanol–water partition coefficient (Wildman–Crippen LogP) is 2.15. The first-order chi connectivity index (χ1) is 9.69. The highest BCUT2D eigenvalue weighted by atomic mass is 15.2. The van der Waals surface area contributed by atoms with E-state index in [1.165, 1.54) is 11.1 Å². The number of aryl methyl sites for hydroxylation is 2. The van der Waals surface area contributed by atoms with Crippen LogP contribution in [-0.4, -0.2) is 26.8 Å². The van der Waals surface area contributed by atoms with Crippen LogP contribution < -0.4 is 5.32 Å². The molecule has 1 N–H and O–H groups in total. The van der Waals surface area contributed by atoms with E-state index >= 15 is 0 Å². The molecule has 0 aliphatic carbocycles. The highest BCUT2D eigenvalue weighted by Gasteiger charge is 2.08. The number of rotatable bonds is 3. The fraction of sp³-hybridized carbons (Fsp3) is 0.267. The largest absolute Gasteiger partial charge is 0.314 e. The van der Waals surface area contributed by atoms with E-state index in [1.807, 2.05) is 23.7 Å². The third kappa shape index (κ3) is 2.16. The Morgan fingerprint density at radius 2 is 1.90 bits per heavy atom. The number of nitrogens with one attached hydrogen (secondary N) is 1. The molecule has 0 unspecified atom stereocenters. The number of imidazole rings is 1. The smallest absolute Gasteiger partial charge is 0.161 e. The summed E-state index contributed by atoms with van der Waals surface area (Å²) in [6.07, 6.45) is 1.80. The molecule has 3 aromatic rings. The predicted molar refractivity (Wildman–Crippen MR) is 78.9 cm³/mol. The van der Waals surface area contributed by atoms with Crippen LogP contribution in [0, 0.1) is 13.8 Å².